The molecular weight excluding hydrogens is 397 g/mol. The van der Waals surface area contributed by atoms with Crippen molar-refractivity contribution in [2.45, 2.75) is 26.3 Å². The quantitative estimate of drug-likeness (QED) is 0.522. The molecule has 0 radical (unpaired) electrons. The van der Waals surface area contributed by atoms with E-state index in [1.165, 1.54) is 4.68 Å². The highest BCUT2D eigenvalue weighted by atomic mass is 19.1. The normalized spacial score (nSPS) is 16.2. The molecule has 3 N–H and O–H groups in total. The van der Waals surface area contributed by atoms with E-state index in [1.807, 2.05) is 29.9 Å². The molecule has 5 rings (SSSR count). The first kappa shape index (κ1) is 19.3. The minimum absolute atomic E-state index is 0.259. The third kappa shape index (κ3) is 3.34. The maximum Gasteiger partial charge on any atom is 0.190 e. The van der Waals surface area contributed by atoms with E-state index in [1.54, 1.807) is 25.4 Å². The third-order valence-electron chi connectivity index (χ3n) is 5.84. The Labute approximate surface area is 178 Å². The first-order chi connectivity index (χ1) is 15.0. The summed E-state index contributed by atoms with van der Waals surface area (Å²) in [7, 11) is 0. The number of hydrogen-bond acceptors (Lipinski definition) is 7. The van der Waals surface area contributed by atoms with Gasteiger partial charge in [0, 0.05) is 30.1 Å². The number of pyridine rings is 1. The molecule has 0 unspecified atom stereocenters. The summed E-state index contributed by atoms with van der Waals surface area (Å²) in [5.74, 6) is 0.209. The number of rotatable bonds is 4. The average Bonchev–Trinajstić information content (AvgIpc) is 3.53. The highest BCUT2D eigenvalue weighted by Crippen LogP contribution is 2.31. The molecule has 10 heteroatoms. The molecule has 0 bridgehead atoms. The zero-order valence-corrected chi connectivity index (χ0v) is 17.2. The van der Waals surface area contributed by atoms with E-state index in [0.717, 1.165) is 36.2 Å². The topological polar surface area (TPSA) is 112 Å². The lowest BCUT2D eigenvalue weighted by Gasteiger charge is -2.11. The molecule has 1 fully saturated rings. The van der Waals surface area contributed by atoms with Crippen LogP contribution in [0.5, 0.6) is 0 Å². The smallest absolute Gasteiger partial charge is 0.190 e. The summed E-state index contributed by atoms with van der Waals surface area (Å²) in [6, 6.07) is 5.70. The third-order valence-corrected chi connectivity index (χ3v) is 5.84. The van der Waals surface area contributed by atoms with Crippen LogP contribution in [0.4, 0.5) is 10.2 Å². The van der Waals surface area contributed by atoms with Gasteiger partial charge >= 0.3 is 0 Å². The summed E-state index contributed by atoms with van der Waals surface area (Å²) < 4.78 is 18.3. The molecule has 3 aromatic heterocycles. The SMILES string of the molecule is Cc1ccc(-n2nnnc2-c2cc(-c3cnn([C@@H]4CCNC4)c3)cnc2N)c(F)c1C. The summed E-state index contributed by atoms with van der Waals surface area (Å²) in [5.41, 5.74) is 10.1. The highest BCUT2D eigenvalue weighted by molar-refractivity contribution is 5.76. The molecule has 1 saturated heterocycles. The number of hydrogen-bond donors (Lipinski definition) is 2. The number of benzene rings is 1. The Morgan fingerprint density at radius 1 is 1.19 bits per heavy atom. The van der Waals surface area contributed by atoms with Crippen LogP contribution in [0.3, 0.4) is 0 Å². The Kier molecular flexibility index (Phi) is 4.70. The maximum atomic E-state index is 14.9. The molecule has 31 heavy (non-hydrogen) atoms. The molecule has 4 heterocycles. The number of nitrogens with one attached hydrogen (secondary N) is 1. The van der Waals surface area contributed by atoms with Crippen molar-refractivity contribution in [3.63, 3.8) is 0 Å². The molecule has 0 spiro atoms. The lowest BCUT2D eigenvalue weighted by atomic mass is 10.1. The minimum atomic E-state index is -0.373. The molecule has 0 amide bonds. The molecule has 0 aliphatic carbocycles. The van der Waals surface area contributed by atoms with Crippen molar-refractivity contribution in [1.29, 1.82) is 0 Å². The van der Waals surface area contributed by atoms with Crippen molar-refractivity contribution in [2.75, 3.05) is 18.8 Å². The van der Waals surface area contributed by atoms with Crippen LogP contribution < -0.4 is 11.1 Å². The Morgan fingerprint density at radius 3 is 2.87 bits per heavy atom. The molecule has 1 atom stereocenters. The number of tetrazole rings is 1. The summed E-state index contributed by atoms with van der Waals surface area (Å²) in [5, 5.41) is 19.7. The van der Waals surface area contributed by atoms with Gasteiger partial charge < -0.3 is 11.1 Å². The minimum Gasteiger partial charge on any atom is -0.383 e. The zero-order valence-electron chi connectivity index (χ0n) is 17.2. The van der Waals surface area contributed by atoms with E-state index < -0.39 is 0 Å². The van der Waals surface area contributed by atoms with Crippen molar-refractivity contribution >= 4 is 5.82 Å². The summed E-state index contributed by atoms with van der Waals surface area (Å²) >= 11 is 0. The predicted molar refractivity (Wildman–Crippen MR) is 114 cm³/mol. The second kappa shape index (κ2) is 7.55. The van der Waals surface area contributed by atoms with Crippen molar-refractivity contribution < 1.29 is 4.39 Å². The Bertz CT molecular complexity index is 1250. The number of aromatic nitrogens is 7. The Hall–Kier alpha value is -3.66. The van der Waals surface area contributed by atoms with Crippen molar-refractivity contribution in [3.8, 4) is 28.2 Å². The summed E-state index contributed by atoms with van der Waals surface area (Å²) in [4.78, 5) is 4.33. The fourth-order valence-corrected chi connectivity index (χ4v) is 3.81. The average molecular weight is 419 g/mol. The Morgan fingerprint density at radius 2 is 2.06 bits per heavy atom. The van der Waals surface area contributed by atoms with Gasteiger partial charge in [-0.15, -0.1) is 5.10 Å². The molecule has 1 aliphatic heterocycles. The van der Waals surface area contributed by atoms with Crippen molar-refractivity contribution in [2.24, 2.45) is 0 Å². The van der Waals surface area contributed by atoms with Gasteiger partial charge in [0.05, 0.1) is 17.8 Å². The molecular formula is C21H22FN9. The molecule has 158 valence electrons. The molecule has 1 aromatic carbocycles. The van der Waals surface area contributed by atoms with Crippen LogP contribution in [-0.2, 0) is 0 Å². The lowest BCUT2D eigenvalue weighted by Crippen LogP contribution is -2.13. The van der Waals surface area contributed by atoms with Crippen molar-refractivity contribution in [1.82, 2.24) is 40.3 Å². The van der Waals surface area contributed by atoms with Gasteiger partial charge in [0.2, 0.25) is 0 Å². The van der Waals surface area contributed by atoms with E-state index >= 15 is 0 Å². The van der Waals surface area contributed by atoms with Crippen LogP contribution in [0, 0.1) is 19.7 Å². The van der Waals surface area contributed by atoms with Gasteiger partial charge in [-0.05, 0) is 60.5 Å². The highest BCUT2D eigenvalue weighted by Gasteiger charge is 2.21. The molecule has 1 aliphatic rings. The van der Waals surface area contributed by atoms with E-state index in [4.69, 9.17) is 5.73 Å². The van der Waals surface area contributed by atoms with Crippen LogP contribution in [-0.4, -0.2) is 48.1 Å². The maximum absolute atomic E-state index is 14.9. The summed E-state index contributed by atoms with van der Waals surface area (Å²) in [6.07, 6.45) is 6.54. The fraction of sp³-hybridized carbons (Fsp3) is 0.286. The lowest BCUT2D eigenvalue weighted by molar-refractivity contribution is 0.491. The van der Waals surface area contributed by atoms with E-state index in [9.17, 15) is 4.39 Å². The number of nitrogen functional groups attached to an aromatic ring is 1. The van der Waals surface area contributed by atoms with Gasteiger partial charge in [-0.25, -0.2) is 9.37 Å². The van der Waals surface area contributed by atoms with E-state index in [2.05, 4.69) is 30.9 Å². The van der Waals surface area contributed by atoms with Crippen LogP contribution in [0.2, 0.25) is 0 Å². The van der Waals surface area contributed by atoms with Gasteiger partial charge in [-0.2, -0.15) is 9.78 Å². The van der Waals surface area contributed by atoms with Gasteiger partial charge in [0.25, 0.3) is 0 Å². The van der Waals surface area contributed by atoms with Gasteiger partial charge in [-0.3, -0.25) is 4.68 Å². The second-order valence-electron chi connectivity index (χ2n) is 7.77. The Balaban J connectivity index is 1.56. The van der Waals surface area contributed by atoms with Crippen LogP contribution >= 0.6 is 0 Å². The van der Waals surface area contributed by atoms with Crippen LogP contribution in [0.15, 0.2) is 36.8 Å². The van der Waals surface area contributed by atoms with Gasteiger partial charge in [0.1, 0.15) is 11.5 Å². The largest absolute Gasteiger partial charge is 0.383 e. The first-order valence-electron chi connectivity index (χ1n) is 10.1. The second-order valence-corrected chi connectivity index (χ2v) is 7.77. The van der Waals surface area contributed by atoms with Gasteiger partial charge in [0.15, 0.2) is 11.6 Å². The number of aryl methyl sites for hydroxylation is 1. The van der Waals surface area contributed by atoms with Gasteiger partial charge in [-0.1, -0.05) is 6.07 Å². The van der Waals surface area contributed by atoms with E-state index in [-0.39, 0.29) is 17.3 Å². The number of nitrogens with zero attached hydrogens (tertiary/aromatic N) is 7. The zero-order chi connectivity index (χ0) is 21.5. The molecule has 9 nitrogen and oxygen atoms in total. The number of nitrogens with two attached hydrogens (primary N) is 1. The predicted octanol–water partition coefficient (Wildman–Crippen LogP) is 2.46. The van der Waals surface area contributed by atoms with Crippen LogP contribution in [0.1, 0.15) is 23.6 Å². The molecule has 0 saturated carbocycles. The standard InChI is InChI=1S/C21H22FN9/c1-12-3-4-18(19(22)13(12)2)31-21(27-28-29-31)17-7-14(8-25-20(17)23)15-9-26-30(11-15)16-5-6-24-10-16/h3-4,7-9,11,16,24H,5-6,10H2,1-2H3,(H2,23,25)/t16-/m1/s1. The monoisotopic (exact) mass is 419 g/mol. The number of anilines is 1. The van der Waals surface area contributed by atoms with E-state index in [0.29, 0.717) is 23.0 Å². The fourth-order valence-electron chi connectivity index (χ4n) is 3.81. The first-order valence-corrected chi connectivity index (χ1v) is 10.1. The molecule has 4 aromatic rings. The van der Waals surface area contributed by atoms with Crippen LogP contribution in [0.25, 0.3) is 28.2 Å². The number of halogens is 1. The summed E-state index contributed by atoms with van der Waals surface area (Å²) in [6.45, 7) is 5.48. The van der Waals surface area contributed by atoms with Crippen molar-refractivity contribution in [3.05, 3.63) is 53.7 Å².